The number of aryl methyl sites for hydroxylation is 3. The van der Waals surface area contributed by atoms with E-state index in [1.807, 2.05) is 0 Å². The Bertz CT molecular complexity index is 915. The maximum Gasteiger partial charge on any atom is 0.303 e. The van der Waals surface area contributed by atoms with Gasteiger partial charge in [-0.15, -0.1) is 0 Å². The Hall–Kier alpha value is -2.72. The molecule has 0 radical (unpaired) electrons. The first-order valence-electron chi connectivity index (χ1n) is 8.17. The van der Waals surface area contributed by atoms with Gasteiger partial charge >= 0.3 is 5.97 Å². The van der Waals surface area contributed by atoms with Gasteiger partial charge < -0.3 is 14.9 Å². The molecule has 0 aliphatic carbocycles. The van der Waals surface area contributed by atoms with Gasteiger partial charge in [0.25, 0.3) is 0 Å². The van der Waals surface area contributed by atoms with Crippen LogP contribution in [0.4, 0.5) is 5.69 Å². The van der Waals surface area contributed by atoms with Gasteiger partial charge in [0.2, 0.25) is 15.9 Å². The quantitative estimate of drug-likeness (QED) is 0.617. The van der Waals surface area contributed by atoms with Crippen molar-refractivity contribution in [1.82, 2.24) is 9.88 Å². The number of sulfonamides is 1. The summed E-state index contributed by atoms with van der Waals surface area (Å²) in [5.41, 5.74) is 1.51. The molecule has 2 rings (SSSR count). The summed E-state index contributed by atoms with van der Waals surface area (Å²) in [7, 11) is -3.96. The zero-order chi connectivity index (χ0) is 20.2. The molecular weight excluding hydrogens is 374 g/mol. The summed E-state index contributed by atoms with van der Waals surface area (Å²) in [6, 6.07) is 5.64. The molecule has 2 aromatic rings. The molecule has 1 atom stereocenters. The van der Waals surface area contributed by atoms with Crippen LogP contribution < -0.4 is 10.0 Å². The molecule has 146 valence electrons. The van der Waals surface area contributed by atoms with Crippen molar-refractivity contribution in [3.05, 3.63) is 41.3 Å². The maximum atomic E-state index is 12.4. The SMILES string of the molecule is Cc1noc(C)c1S(=O)(=O)NC(C)C(=O)Nc1ccc(CCC(=O)O)cc1. The molecule has 3 N–H and O–H groups in total. The van der Waals surface area contributed by atoms with E-state index >= 15 is 0 Å². The number of carbonyl (C=O) groups is 2. The summed E-state index contributed by atoms with van der Waals surface area (Å²) >= 11 is 0. The van der Waals surface area contributed by atoms with Crippen LogP contribution in [-0.2, 0) is 26.0 Å². The third-order valence-corrected chi connectivity index (χ3v) is 5.60. The fourth-order valence-corrected chi connectivity index (χ4v) is 3.99. The second kappa shape index (κ2) is 8.31. The van der Waals surface area contributed by atoms with Crippen molar-refractivity contribution < 1.29 is 27.6 Å². The van der Waals surface area contributed by atoms with Crippen LogP contribution in [0.3, 0.4) is 0 Å². The topological polar surface area (TPSA) is 139 Å². The lowest BCUT2D eigenvalue weighted by molar-refractivity contribution is -0.137. The molecule has 0 spiro atoms. The average molecular weight is 395 g/mol. The third kappa shape index (κ3) is 5.38. The lowest BCUT2D eigenvalue weighted by Gasteiger charge is -2.14. The smallest absolute Gasteiger partial charge is 0.303 e. The van der Waals surface area contributed by atoms with Gasteiger partial charge in [-0.3, -0.25) is 9.59 Å². The van der Waals surface area contributed by atoms with Crippen molar-refractivity contribution in [3.63, 3.8) is 0 Å². The lowest BCUT2D eigenvalue weighted by atomic mass is 10.1. The highest BCUT2D eigenvalue weighted by Crippen LogP contribution is 2.19. The molecule has 1 aromatic heterocycles. The van der Waals surface area contributed by atoms with E-state index in [9.17, 15) is 18.0 Å². The molecule has 1 aromatic carbocycles. The van der Waals surface area contributed by atoms with E-state index in [0.29, 0.717) is 12.1 Å². The molecule has 0 aliphatic rings. The molecule has 1 heterocycles. The number of hydrogen-bond donors (Lipinski definition) is 3. The molecule has 0 saturated heterocycles. The number of carbonyl (C=O) groups excluding carboxylic acids is 1. The predicted molar refractivity (Wildman–Crippen MR) is 96.8 cm³/mol. The first-order chi connectivity index (χ1) is 12.6. The van der Waals surface area contributed by atoms with Crippen LogP contribution >= 0.6 is 0 Å². The number of amides is 1. The highest BCUT2D eigenvalue weighted by Gasteiger charge is 2.28. The van der Waals surface area contributed by atoms with Gasteiger partial charge in [-0.2, -0.15) is 4.72 Å². The van der Waals surface area contributed by atoms with Crippen LogP contribution in [0.15, 0.2) is 33.7 Å². The summed E-state index contributed by atoms with van der Waals surface area (Å²) in [6.07, 6.45) is 0.406. The zero-order valence-electron chi connectivity index (χ0n) is 15.1. The zero-order valence-corrected chi connectivity index (χ0v) is 16.0. The molecule has 10 heteroatoms. The van der Waals surface area contributed by atoms with E-state index in [0.717, 1.165) is 5.56 Å². The van der Waals surface area contributed by atoms with Gasteiger partial charge in [-0.25, -0.2) is 8.42 Å². The molecule has 0 fully saturated rings. The number of rotatable bonds is 8. The minimum absolute atomic E-state index is 0.0201. The Labute approximate surface area is 156 Å². The van der Waals surface area contributed by atoms with Crippen molar-refractivity contribution in [2.75, 3.05) is 5.32 Å². The molecule has 1 amide bonds. The number of hydrogen-bond acceptors (Lipinski definition) is 6. The Balaban J connectivity index is 2.00. The molecule has 1 unspecified atom stereocenters. The highest BCUT2D eigenvalue weighted by atomic mass is 32.2. The van der Waals surface area contributed by atoms with Gasteiger partial charge in [0.05, 0.1) is 6.04 Å². The molecule has 9 nitrogen and oxygen atoms in total. The number of carboxylic acids is 1. The number of nitrogens with one attached hydrogen (secondary N) is 2. The van der Waals surface area contributed by atoms with E-state index in [-0.39, 0.29) is 22.8 Å². The predicted octanol–water partition coefficient (Wildman–Crippen LogP) is 1.61. The molecule has 0 saturated carbocycles. The van der Waals surface area contributed by atoms with Crippen molar-refractivity contribution in [1.29, 1.82) is 0 Å². The van der Waals surface area contributed by atoms with E-state index in [2.05, 4.69) is 15.2 Å². The summed E-state index contributed by atoms with van der Waals surface area (Å²) < 4.78 is 32.0. The lowest BCUT2D eigenvalue weighted by Crippen LogP contribution is -2.41. The van der Waals surface area contributed by atoms with Crippen molar-refractivity contribution >= 4 is 27.6 Å². The van der Waals surface area contributed by atoms with Crippen molar-refractivity contribution in [2.24, 2.45) is 0 Å². The summed E-state index contributed by atoms with van der Waals surface area (Å²) in [5, 5.41) is 14.9. The van der Waals surface area contributed by atoms with Gasteiger partial charge in [-0.05, 0) is 44.9 Å². The van der Waals surface area contributed by atoms with Crippen LogP contribution in [0, 0.1) is 13.8 Å². The fraction of sp³-hybridized carbons (Fsp3) is 0.353. The van der Waals surface area contributed by atoms with Gasteiger partial charge in [-0.1, -0.05) is 17.3 Å². The standard InChI is InChI=1S/C17H21N3O6S/c1-10-16(12(3)26-19-10)27(24,25)20-11(2)17(23)18-14-7-4-13(5-8-14)6-9-15(21)22/h4-5,7-8,11,20H,6,9H2,1-3H3,(H,18,23)(H,21,22). The Morgan fingerprint density at radius 3 is 2.37 bits per heavy atom. The molecular formula is C17H21N3O6S. The second-order valence-electron chi connectivity index (χ2n) is 6.08. The Kier molecular flexibility index (Phi) is 6.34. The molecule has 0 aliphatic heterocycles. The van der Waals surface area contributed by atoms with Crippen LogP contribution in [0.2, 0.25) is 0 Å². The van der Waals surface area contributed by atoms with Gasteiger partial charge in [0, 0.05) is 12.1 Å². The number of carboxylic acid groups (broad SMARTS) is 1. The first kappa shape index (κ1) is 20.6. The number of nitrogens with zero attached hydrogens (tertiary/aromatic N) is 1. The molecule has 0 bridgehead atoms. The van der Waals surface area contributed by atoms with Crippen LogP contribution in [0.1, 0.15) is 30.4 Å². The van der Waals surface area contributed by atoms with Crippen molar-refractivity contribution in [2.45, 2.75) is 44.6 Å². The highest BCUT2D eigenvalue weighted by molar-refractivity contribution is 7.89. The van der Waals surface area contributed by atoms with Crippen molar-refractivity contribution in [3.8, 4) is 0 Å². The average Bonchev–Trinajstić information content (AvgIpc) is 2.93. The van der Waals surface area contributed by atoms with E-state index in [1.165, 1.54) is 20.8 Å². The molecule has 27 heavy (non-hydrogen) atoms. The largest absolute Gasteiger partial charge is 0.481 e. The number of aliphatic carboxylic acids is 1. The van der Waals surface area contributed by atoms with Gasteiger partial charge in [0.1, 0.15) is 10.6 Å². The Morgan fingerprint density at radius 2 is 1.85 bits per heavy atom. The monoisotopic (exact) mass is 395 g/mol. The third-order valence-electron chi connectivity index (χ3n) is 3.81. The van der Waals surface area contributed by atoms with E-state index < -0.39 is 27.9 Å². The van der Waals surface area contributed by atoms with Crippen LogP contribution in [0.5, 0.6) is 0 Å². The fourth-order valence-electron chi connectivity index (χ4n) is 2.46. The summed E-state index contributed by atoms with van der Waals surface area (Å²) in [6.45, 7) is 4.40. The normalized spacial score (nSPS) is 12.6. The minimum Gasteiger partial charge on any atom is -0.481 e. The van der Waals surface area contributed by atoms with Crippen LogP contribution in [-0.4, -0.2) is 36.6 Å². The van der Waals surface area contributed by atoms with E-state index in [1.54, 1.807) is 24.3 Å². The van der Waals surface area contributed by atoms with Crippen LogP contribution in [0.25, 0.3) is 0 Å². The minimum atomic E-state index is -3.96. The van der Waals surface area contributed by atoms with Gasteiger partial charge in [0.15, 0.2) is 5.76 Å². The summed E-state index contributed by atoms with van der Waals surface area (Å²) in [5.74, 6) is -1.28. The number of aromatic nitrogens is 1. The summed E-state index contributed by atoms with van der Waals surface area (Å²) in [4.78, 5) is 22.8. The Morgan fingerprint density at radius 1 is 1.22 bits per heavy atom. The maximum absolute atomic E-state index is 12.4. The second-order valence-corrected chi connectivity index (χ2v) is 7.73. The van der Waals surface area contributed by atoms with E-state index in [4.69, 9.17) is 9.63 Å². The number of anilines is 1. The number of benzene rings is 1. The first-order valence-corrected chi connectivity index (χ1v) is 9.65.